The summed E-state index contributed by atoms with van der Waals surface area (Å²) in [5, 5.41) is 0. The van der Waals surface area contributed by atoms with E-state index in [0.29, 0.717) is 0 Å². The zero-order chi connectivity index (χ0) is 59.9. The summed E-state index contributed by atoms with van der Waals surface area (Å²) in [7, 11) is -3.88. The summed E-state index contributed by atoms with van der Waals surface area (Å²) in [4.78, 5) is 17.7. The van der Waals surface area contributed by atoms with E-state index in [9.17, 15) is 0 Å². The Labute approximate surface area is 524 Å². The van der Waals surface area contributed by atoms with Gasteiger partial charge in [-0.25, -0.2) is 0 Å². The minimum Gasteiger partial charge on any atom is -0.311 e. The van der Waals surface area contributed by atoms with Crippen LogP contribution >= 0.6 is 20.1 Å². The second-order valence-corrected chi connectivity index (χ2v) is 27.4. The maximum Gasteiger partial charge on any atom is 0.252 e. The fourth-order valence-corrected chi connectivity index (χ4v) is 20.9. The third kappa shape index (κ3) is 9.89. The summed E-state index contributed by atoms with van der Waals surface area (Å²) in [5.74, 6) is 0. The van der Waals surface area contributed by atoms with Crippen LogP contribution in [-0.4, -0.2) is 6.71 Å². The number of rotatable bonds is 13. The normalized spacial score (nSPS) is 12.4. The van der Waals surface area contributed by atoms with Crippen molar-refractivity contribution in [1.82, 2.24) is 0 Å². The maximum absolute atomic E-state index is 2.50. The van der Waals surface area contributed by atoms with Crippen LogP contribution in [0, 0.1) is 0 Å². The minimum atomic E-state index is -1.94. The van der Waals surface area contributed by atoms with E-state index in [-0.39, 0.29) is 6.71 Å². The molecule has 6 heteroatoms. The zero-order valence-electron chi connectivity index (χ0n) is 50.2. The highest BCUT2D eigenvalue weighted by Gasteiger charge is 2.44. The van der Waals surface area contributed by atoms with Crippen molar-refractivity contribution in [3.05, 3.63) is 352 Å². The number of fused-ring (bicyclic) bond motifs is 4. The Kier molecular flexibility index (Phi) is 16.6. The quantitative estimate of drug-likeness (QED) is 0.107. The molecule has 0 spiro atoms. The Balaban J connectivity index is 0.00000175. The molecule has 0 amide bonds. The third-order valence-electron chi connectivity index (χ3n) is 16.6. The number of nitrogens with zero attached hydrogens (tertiary/aromatic N) is 3. The van der Waals surface area contributed by atoms with Crippen molar-refractivity contribution in [3.8, 4) is 0 Å². The molecule has 0 N–H and O–H groups in total. The van der Waals surface area contributed by atoms with Gasteiger partial charge in [0.2, 0.25) is 0 Å². The first-order chi connectivity index (χ1) is 43.7. The zero-order valence-corrected chi connectivity index (χ0v) is 51.9. The Bertz CT molecular complexity index is 4050. The molecule has 15 rings (SSSR count). The van der Waals surface area contributed by atoms with Crippen molar-refractivity contribution in [2.75, 3.05) is 14.7 Å². The number of anilines is 9. The lowest BCUT2D eigenvalue weighted by Crippen LogP contribution is -2.61. The van der Waals surface area contributed by atoms with Gasteiger partial charge >= 0.3 is 0 Å². The fourth-order valence-electron chi connectivity index (χ4n) is 13.1. The summed E-state index contributed by atoms with van der Waals surface area (Å²) < 4.78 is 0. The Morgan fingerprint density at radius 1 is 0.239 bits per heavy atom. The molecule has 0 atom stereocenters. The second kappa shape index (κ2) is 25.5. The van der Waals surface area contributed by atoms with Gasteiger partial charge in [-0.05, 0) is 192 Å². The molecule has 2 aliphatic rings. The molecule has 0 aromatic heterocycles. The van der Waals surface area contributed by atoms with Crippen molar-refractivity contribution in [2.24, 2.45) is 0 Å². The predicted octanol–water partition coefficient (Wildman–Crippen LogP) is 22.0. The van der Waals surface area contributed by atoms with Gasteiger partial charge in [-0.2, -0.15) is 0 Å². The van der Waals surface area contributed by atoms with Crippen LogP contribution in [0.3, 0.4) is 0 Å². The van der Waals surface area contributed by atoms with Crippen LogP contribution in [0.5, 0.6) is 0 Å². The largest absolute Gasteiger partial charge is 0.311 e. The lowest BCUT2D eigenvalue weighted by atomic mass is 9.33. The molecular weight excluding hydrogens is 1100 g/mol. The Morgan fingerprint density at radius 2 is 0.511 bits per heavy atom. The van der Waals surface area contributed by atoms with Gasteiger partial charge in [0.15, 0.2) is 0 Å². The van der Waals surface area contributed by atoms with Crippen molar-refractivity contribution in [1.29, 1.82) is 0 Å². The highest BCUT2D eigenvalue weighted by Crippen LogP contribution is 2.75. The van der Waals surface area contributed by atoms with Gasteiger partial charge in [0.1, 0.15) is 0 Å². The molecule has 0 fully saturated rings. The van der Waals surface area contributed by atoms with Crippen LogP contribution in [0.2, 0.25) is 0 Å². The van der Waals surface area contributed by atoms with Crippen molar-refractivity contribution >= 4 is 94.3 Å². The van der Waals surface area contributed by atoms with Gasteiger partial charge in [-0.3, -0.25) is 0 Å². The van der Waals surface area contributed by atoms with Crippen LogP contribution in [0.15, 0.2) is 391 Å². The van der Waals surface area contributed by atoms with Gasteiger partial charge in [0, 0.05) is 90.4 Å². The SMILES string of the molecule is CC.CC.c1ccc(N2c3ccccc3B3c4ccc(N(c5ccc(S(c6ccccc6)(c6ccccc6)c6ccccc6)cc5)c5ccc(S(c6ccccc6)(c6ccccc6)c6ccccc6)cc5)cc4N(c4ccccc4)c4cccc2c43)cc1. The average molecular weight is 1170 g/mol. The molecule has 428 valence electrons. The molecule has 2 aliphatic heterocycles. The van der Waals surface area contributed by atoms with Crippen molar-refractivity contribution in [2.45, 2.75) is 66.9 Å². The highest BCUT2D eigenvalue weighted by atomic mass is 32.3. The highest BCUT2D eigenvalue weighted by molar-refractivity contribution is 8.34. The Morgan fingerprint density at radius 3 is 0.875 bits per heavy atom. The van der Waals surface area contributed by atoms with E-state index in [0.717, 1.165) is 34.1 Å². The van der Waals surface area contributed by atoms with Gasteiger partial charge in [-0.15, -0.1) is 20.1 Å². The van der Waals surface area contributed by atoms with Crippen LogP contribution in [-0.2, 0) is 0 Å². The number of benzene rings is 13. The van der Waals surface area contributed by atoms with Gasteiger partial charge in [0.05, 0.1) is 0 Å². The smallest absolute Gasteiger partial charge is 0.252 e. The van der Waals surface area contributed by atoms with Crippen LogP contribution in [0.4, 0.5) is 51.2 Å². The van der Waals surface area contributed by atoms with E-state index in [1.54, 1.807) is 0 Å². The summed E-state index contributed by atoms with van der Waals surface area (Å²) >= 11 is 0. The first kappa shape index (κ1) is 57.1. The predicted molar refractivity (Wildman–Crippen MR) is 378 cm³/mol. The molecule has 88 heavy (non-hydrogen) atoms. The Hall–Kier alpha value is -9.98. The monoisotopic (exact) mass is 1170 g/mol. The topological polar surface area (TPSA) is 9.72 Å². The van der Waals surface area contributed by atoms with Crippen LogP contribution < -0.4 is 31.1 Å². The standard InChI is InChI=1S/C78H58BN3S2.2C2H6/c1-9-28-59(29-10-1)81-74-45-26-25-44-72(74)79-73-57-52-63(58-77(73)82(60-30-11-2-12-31-60)76-47-27-46-75(81)78(76)79)80(61-48-53-70(54-49-61)83(64-32-13-3-14-33-64,65-34-15-4-16-35-65)66-36-17-5-18-37-66)62-50-55-71(56-51-62)84(67-38-19-6-20-39-67,68-40-21-7-22-41-68)69-42-23-8-24-43-69;2*1-2/h1-58H;2*1-2H3. The first-order valence-electron chi connectivity index (χ1n) is 30.7. The van der Waals surface area contributed by atoms with E-state index in [2.05, 4.69) is 367 Å². The minimum absolute atomic E-state index is 0.0153. The van der Waals surface area contributed by atoms with E-state index in [4.69, 9.17) is 0 Å². The van der Waals surface area contributed by atoms with Crippen molar-refractivity contribution in [3.63, 3.8) is 0 Å². The summed E-state index contributed by atoms with van der Waals surface area (Å²) in [6.45, 7) is 7.98. The van der Waals surface area contributed by atoms with E-state index in [1.165, 1.54) is 72.6 Å². The van der Waals surface area contributed by atoms with Gasteiger partial charge in [0.25, 0.3) is 6.71 Å². The van der Waals surface area contributed by atoms with E-state index in [1.807, 2.05) is 27.7 Å². The molecule has 13 aromatic rings. The average Bonchev–Trinajstić information content (AvgIpc) is 0.938. The molecule has 0 unspecified atom stereocenters. The van der Waals surface area contributed by atoms with E-state index >= 15 is 0 Å². The second-order valence-electron chi connectivity index (χ2n) is 21.2. The molecule has 0 radical (unpaired) electrons. The fraction of sp³-hybridized carbons (Fsp3) is 0.0488. The number of hydrogen-bond donors (Lipinski definition) is 0. The first-order valence-corrected chi connectivity index (χ1v) is 34.0. The van der Waals surface area contributed by atoms with E-state index < -0.39 is 20.1 Å². The molecule has 3 nitrogen and oxygen atoms in total. The molecule has 0 saturated heterocycles. The molecule has 0 bridgehead atoms. The summed E-state index contributed by atoms with van der Waals surface area (Å²) in [6.07, 6.45) is 0. The van der Waals surface area contributed by atoms with Crippen LogP contribution in [0.1, 0.15) is 27.7 Å². The van der Waals surface area contributed by atoms with Gasteiger partial charge < -0.3 is 14.7 Å². The lowest BCUT2D eigenvalue weighted by molar-refractivity contribution is 1.21. The molecular formula is C82H70BN3S2. The number of hydrogen-bond acceptors (Lipinski definition) is 3. The summed E-state index contributed by atoms with van der Waals surface area (Å²) in [5.41, 5.74) is 14.0. The molecule has 0 saturated carbocycles. The maximum atomic E-state index is 2.50. The molecule has 2 heterocycles. The van der Waals surface area contributed by atoms with Gasteiger partial charge in [-0.1, -0.05) is 204 Å². The van der Waals surface area contributed by atoms with Crippen LogP contribution in [0.25, 0.3) is 0 Å². The number of para-hydroxylation sites is 3. The van der Waals surface area contributed by atoms with Crippen molar-refractivity contribution < 1.29 is 0 Å². The third-order valence-corrected chi connectivity index (χ3v) is 24.5. The lowest BCUT2D eigenvalue weighted by Gasteiger charge is -2.44. The summed E-state index contributed by atoms with van der Waals surface area (Å²) in [6, 6.07) is 131. The molecule has 13 aromatic carbocycles. The molecule has 0 aliphatic carbocycles.